The third kappa shape index (κ3) is 2.93. The average molecular weight is 331 g/mol. The number of methoxy groups -OCH3 is 2. The van der Waals surface area contributed by atoms with Gasteiger partial charge in [-0.25, -0.2) is 4.98 Å². The first-order valence-corrected chi connectivity index (χ1v) is 7.75. The van der Waals surface area contributed by atoms with Gasteiger partial charge < -0.3 is 26.3 Å². The van der Waals surface area contributed by atoms with Crippen LogP contribution in [0.2, 0.25) is 0 Å². The molecule has 0 atom stereocenters. The number of ether oxygens (including phenoxy) is 2. The van der Waals surface area contributed by atoms with Gasteiger partial charge in [-0.15, -0.1) is 11.3 Å². The number of nitrogens with zero attached hydrogens (tertiary/aromatic N) is 2. The van der Waals surface area contributed by atoms with Gasteiger partial charge in [0.25, 0.3) is 0 Å². The Balaban J connectivity index is 1.89. The molecule has 23 heavy (non-hydrogen) atoms. The Kier molecular flexibility index (Phi) is 4.07. The van der Waals surface area contributed by atoms with Crippen LogP contribution in [-0.2, 0) is 6.54 Å². The third-order valence-corrected chi connectivity index (χ3v) is 4.35. The largest absolute Gasteiger partial charge is 0.497 e. The lowest BCUT2D eigenvalue weighted by Crippen LogP contribution is -2.04. The van der Waals surface area contributed by atoms with E-state index < -0.39 is 0 Å². The molecule has 3 aromatic rings. The molecule has 2 heterocycles. The number of hydrogen-bond donors (Lipinski definition) is 3. The number of fused-ring (bicyclic) bond motifs is 1. The number of benzene rings is 1. The fourth-order valence-electron chi connectivity index (χ4n) is 2.32. The molecule has 0 radical (unpaired) electrons. The van der Waals surface area contributed by atoms with Gasteiger partial charge in [-0.2, -0.15) is 4.98 Å². The minimum Gasteiger partial charge on any atom is -0.497 e. The normalized spacial score (nSPS) is 10.7. The van der Waals surface area contributed by atoms with E-state index in [4.69, 9.17) is 20.9 Å². The van der Waals surface area contributed by atoms with Crippen LogP contribution in [0.1, 0.15) is 5.56 Å². The van der Waals surface area contributed by atoms with E-state index in [1.165, 1.54) is 11.3 Å². The molecule has 0 spiro atoms. The van der Waals surface area contributed by atoms with Gasteiger partial charge in [-0.1, -0.05) is 0 Å². The predicted octanol–water partition coefficient (Wildman–Crippen LogP) is 2.48. The number of hydrogen-bond acceptors (Lipinski definition) is 8. The molecule has 0 saturated heterocycles. The Morgan fingerprint density at radius 1 is 1.17 bits per heavy atom. The Morgan fingerprint density at radius 3 is 2.74 bits per heavy atom. The predicted molar refractivity (Wildman–Crippen MR) is 93.1 cm³/mol. The minimum atomic E-state index is 0.186. The van der Waals surface area contributed by atoms with E-state index in [0.29, 0.717) is 12.4 Å². The first kappa shape index (κ1) is 15.2. The molecular formula is C15H17N5O2S. The molecule has 0 aliphatic carbocycles. The SMILES string of the molecule is COc1ccc(OC)c(NCc2csc3nc(N)nc(N)c23)c1. The number of nitrogen functional groups attached to an aromatic ring is 2. The van der Waals surface area contributed by atoms with Crippen LogP contribution in [-0.4, -0.2) is 24.2 Å². The van der Waals surface area contributed by atoms with E-state index in [1.54, 1.807) is 14.2 Å². The zero-order chi connectivity index (χ0) is 16.4. The van der Waals surface area contributed by atoms with Crippen molar-refractivity contribution < 1.29 is 9.47 Å². The van der Waals surface area contributed by atoms with E-state index in [2.05, 4.69) is 15.3 Å². The van der Waals surface area contributed by atoms with Crippen molar-refractivity contribution in [2.75, 3.05) is 31.0 Å². The molecule has 120 valence electrons. The number of thiophene rings is 1. The van der Waals surface area contributed by atoms with Crippen molar-refractivity contribution in [1.82, 2.24) is 9.97 Å². The van der Waals surface area contributed by atoms with E-state index in [0.717, 1.165) is 33.0 Å². The summed E-state index contributed by atoms with van der Waals surface area (Å²) in [6, 6.07) is 5.58. The highest BCUT2D eigenvalue weighted by Crippen LogP contribution is 2.32. The topological polar surface area (TPSA) is 108 Å². The average Bonchev–Trinajstić information content (AvgIpc) is 2.95. The van der Waals surface area contributed by atoms with E-state index >= 15 is 0 Å². The molecule has 5 N–H and O–H groups in total. The standard InChI is InChI=1S/C15H17N5O2S/c1-21-9-3-4-11(22-2)10(5-9)18-6-8-7-23-14-12(8)13(16)19-15(17)20-14/h3-5,7,18H,6H2,1-2H3,(H4,16,17,19,20). The zero-order valence-electron chi connectivity index (χ0n) is 12.8. The maximum Gasteiger partial charge on any atom is 0.223 e. The molecule has 8 heteroatoms. The lowest BCUT2D eigenvalue weighted by atomic mass is 10.2. The molecule has 2 aromatic heterocycles. The van der Waals surface area contributed by atoms with Crippen LogP contribution in [0.3, 0.4) is 0 Å². The fourth-order valence-corrected chi connectivity index (χ4v) is 3.27. The number of anilines is 3. The molecule has 7 nitrogen and oxygen atoms in total. The smallest absolute Gasteiger partial charge is 0.223 e. The van der Waals surface area contributed by atoms with Crippen molar-refractivity contribution in [3.05, 3.63) is 29.1 Å². The molecule has 0 unspecified atom stereocenters. The fraction of sp³-hybridized carbons (Fsp3) is 0.200. The van der Waals surface area contributed by atoms with Crippen LogP contribution >= 0.6 is 11.3 Å². The number of nitrogens with one attached hydrogen (secondary N) is 1. The highest BCUT2D eigenvalue weighted by molar-refractivity contribution is 7.17. The van der Waals surface area contributed by atoms with Crippen LogP contribution < -0.4 is 26.3 Å². The van der Waals surface area contributed by atoms with Gasteiger partial charge in [0, 0.05) is 12.6 Å². The van der Waals surface area contributed by atoms with Gasteiger partial charge in [0.2, 0.25) is 5.95 Å². The maximum atomic E-state index is 5.98. The summed E-state index contributed by atoms with van der Waals surface area (Å²) in [5, 5.41) is 6.16. The summed E-state index contributed by atoms with van der Waals surface area (Å²) in [7, 11) is 3.25. The Hall–Kier alpha value is -2.74. The lowest BCUT2D eigenvalue weighted by Gasteiger charge is -2.12. The molecule has 0 fully saturated rings. The van der Waals surface area contributed by atoms with Crippen LogP contribution in [0.4, 0.5) is 17.5 Å². The Labute approximate surface area is 137 Å². The molecule has 1 aromatic carbocycles. The minimum absolute atomic E-state index is 0.186. The van der Waals surface area contributed by atoms with E-state index in [1.807, 2.05) is 23.6 Å². The van der Waals surface area contributed by atoms with Crippen molar-refractivity contribution >= 4 is 39.0 Å². The zero-order valence-corrected chi connectivity index (χ0v) is 13.6. The Morgan fingerprint density at radius 2 is 2.00 bits per heavy atom. The highest BCUT2D eigenvalue weighted by Gasteiger charge is 2.12. The van der Waals surface area contributed by atoms with Crippen LogP contribution in [0.25, 0.3) is 10.2 Å². The second kappa shape index (κ2) is 6.17. The van der Waals surface area contributed by atoms with Gasteiger partial charge in [0.05, 0.1) is 25.3 Å². The van der Waals surface area contributed by atoms with Crippen molar-refractivity contribution in [2.24, 2.45) is 0 Å². The second-order valence-corrected chi connectivity index (χ2v) is 5.69. The summed E-state index contributed by atoms with van der Waals surface area (Å²) in [6.07, 6.45) is 0. The monoisotopic (exact) mass is 331 g/mol. The van der Waals surface area contributed by atoms with E-state index in [-0.39, 0.29) is 5.95 Å². The van der Waals surface area contributed by atoms with Crippen molar-refractivity contribution in [1.29, 1.82) is 0 Å². The summed E-state index contributed by atoms with van der Waals surface area (Å²) in [5.74, 6) is 2.06. The van der Waals surface area contributed by atoms with Crippen molar-refractivity contribution in [2.45, 2.75) is 6.54 Å². The number of rotatable bonds is 5. The molecule has 0 bridgehead atoms. The first-order valence-electron chi connectivity index (χ1n) is 6.87. The molecule has 0 amide bonds. The molecular weight excluding hydrogens is 314 g/mol. The summed E-state index contributed by atoms with van der Waals surface area (Å²) in [4.78, 5) is 9.02. The van der Waals surface area contributed by atoms with Gasteiger partial charge in [0.15, 0.2) is 0 Å². The molecule has 3 rings (SSSR count). The molecule has 0 saturated carbocycles. The number of nitrogens with two attached hydrogens (primary N) is 2. The van der Waals surface area contributed by atoms with Gasteiger partial charge in [0.1, 0.15) is 22.1 Å². The quantitative estimate of drug-likeness (QED) is 0.659. The Bertz CT molecular complexity index is 849. The molecule has 0 aliphatic rings. The van der Waals surface area contributed by atoms with Crippen molar-refractivity contribution in [3.63, 3.8) is 0 Å². The molecule has 0 aliphatic heterocycles. The number of aromatic nitrogens is 2. The summed E-state index contributed by atoms with van der Waals surface area (Å²) in [6.45, 7) is 0.557. The van der Waals surface area contributed by atoms with Gasteiger partial charge in [-0.05, 0) is 23.1 Å². The third-order valence-electron chi connectivity index (χ3n) is 3.43. The van der Waals surface area contributed by atoms with Gasteiger partial charge >= 0.3 is 0 Å². The first-order chi connectivity index (χ1) is 11.1. The van der Waals surface area contributed by atoms with Crippen molar-refractivity contribution in [3.8, 4) is 11.5 Å². The highest BCUT2D eigenvalue weighted by atomic mass is 32.1. The van der Waals surface area contributed by atoms with Crippen LogP contribution in [0, 0.1) is 0 Å². The van der Waals surface area contributed by atoms with E-state index in [9.17, 15) is 0 Å². The van der Waals surface area contributed by atoms with Crippen LogP contribution in [0.5, 0.6) is 11.5 Å². The summed E-state index contributed by atoms with van der Waals surface area (Å²) >= 11 is 1.49. The summed E-state index contributed by atoms with van der Waals surface area (Å²) in [5.41, 5.74) is 13.4. The maximum absolute atomic E-state index is 5.98. The van der Waals surface area contributed by atoms with Crippen LogP contribution in [0.15, 0.2) is 23.6 Å². The second-order valence-electron chi connectivity index (χ2n) is 4.83. The summed E-state index contributed by atoms with van der Waals surface area (Å²) < 4.78 is 10.6. The lowest BCUT2D eigenvalue weighted by molar-refractivity contribution is 0.404. The van der Waals surface area contributed by atoms with Gasteiger partial charge in [-0.3, -0.25) is 0 Å².